The maximum absolute atomic E-state index is 12.5. The van der Waals surface area contributed by atoms with Crippen LogP contribution in [0.25, 0.3) is 10.2 Å². The number of halogens is 1. The van der Waals surface area contributed by atoms with E-state index in [2.05, 4.69) is 30.9 Å². The van der Waals surface area contributed by atoms with E-state index < -0.39 is 0 Å². The molecule has 0 saturated carbocycles. The van der Waals surface area contributed by atoms with Gasteiger partial charge in [0.1, 0.15) is 4.70 Å². The molecule has 3 aromatic rings. The molecule has 0 aliphatic carbocycles. The van der Waals surface area contributed by atoms with E-state index in [9.17, 15) is 4.79 Å². The Balaban J connectivity index is 0.00000208. The summed E-state index contributed by atoms with van der Waals surface area (Å²) in [6.07, 6.45) is 0. The first-order valence-electron chi connectivity index (χ1n) is 7.96. The first-order valence-corrected chi connectivity index (χ1v) is 8.84. The zero-order chi connectivity index (χ0) is 16.2. The fourth-order valence-corrected chi connectivity index (χ4v) is 3.68. The van der Waals surface area contributed by atoms with Crippen LogP contribution in [-0.4, -0.2) is 18.9 Å². The standard InChI is InChI=1S/C19H21N2OS.BrH/c1-3-20(4-2)16-11-9-15(10-12-16)18(22)13-21-14-23-19-8-6-5-7-17(19)21;/h5-12,14H,3-4,13H2,1-2H3;1H/q+1;/p-1. The van der Waals surface area contributed by atoms with Gasteiger partial charge in [0, 0.05) is 30.4 Å². The van der Waals surface area contributed by atoms with Crippen molar-refractivity contribution in [3.63, 3.8) is 0 Å². The van der Waals surface area contributed by atoms with Gasteiger partial charge in [0.15, 0.2) is 0 Å². The number of rotatable bonds is 6. The number of hydrogen-bond donors (Lipinski definition) is 0. The molecule has 0 spiro atoms. The van der Waals surface area contributed by atoms with Crippen LogP contribution in [0.2, 0.25) is 0 Å². The van der Waals surface area contributed by atoms with Crippen molar-refractivity contribution in [2.45, 2.75) is 20.4 Å². The number of ketones is 1. The van der Waals surface area contributed by atoms with E-state index in [1.54, 1.807) is 11.3 Å². The molecule has 5 heteroatoms. The predicted molar refractivity (Wildman–Crippen MR) is 96.4 cm³/mol. The van der Waals surface area contributed by atoms with Gasteiger partial charge in [-0.1, -0.05) is 23.5 Å². The van der Waals surface area contributed by atoms with Crippen molar-refractivity contribution in [1.82, 2.24) is 0 Å². The number of benzene rings is 2. The lowest BCUT2D eigenvalue weighted by molar-refractivity contribution is -0.652. The second-order valence-electron chi connectivity index (χ2n) is 5.46. The number of para-hydroxylation sites is 1. The molecular formula is C19H21BrN2OS. The fourth-order valence-electron chi connectivity index (χ4n) is 2.79. The van der Waals surface area contributed by atoms with Crippen molar-refractivity contribution in [3.05, 3.63) is 59.6 Å². The van der Waals surface area contributed by atoms with Gasteiger partial charge < -0.3 is 21.9 Å². The molecule has 0 fully saturated rings. The highest BCUT2D eigenvalue weighted by Gasteiger charge is 2.17. The van der Waals surface area contributed by atoms with Crippen LogP contribution in [0, 0.1) is 0 Å². The molecule has 24 heavy (non-hydrogen) atoms. The molecule has 0 aliphatic rings. The van der Waals surface area contributed by atoms with Gasteiger partial charge in [0.2, 0.25) is 23.4 Å². The number of anilines is 1. The maximum atomic E-state index is 12.5. The van der Waals surface area contributed by atoms with Gasteiger partial charge in [-0.05, 0) is 44.2 Å². The van der Waals surface area contributed by atoms with Crippen molar-refractivity contribution in [2.24, 2.45) is 0 Å². The lowest BCUT2D eigenvalue weighted by Gasteiger charge is -2.20. The largest absolute Gasteiger partial charge is 1.00 e. The van der Waals surface area contributed by atoms with Crippen LogP contribution in [0.3, 0.4) is 0 Å². The number of thiazole rings is 1. The number of carbonyl (C=O) groups excluding carboxylic acids is 1. The molecule has 0 atom stereocenters. The summed E-state index contributed by atoms with van der Waals surface area (Å²) in [7, 11) is 0. The molecule has 0 N–H and O–H groups in total. The first-order chi connectivity index (χ1) is 11.2. The lowest BCUT2D eigenvalue weighted by Crippen LogP contribution is -3.00. The molecule has 3 nitrogen and oxygen atoms in total. The monoisotopic (exact) mass is 404 g/mol. The molecule has 1 heterocycles. The SMILES string of the molecule is CCN(CC)c1ccc(C(=O)C[n+]2csc3ccccc32)cc1.[Br-]. The summed E-state index contributed by atoms with van der Waals surface area (Å²) >= 11 is 1.67. The van der Waals surface area contributed by atoms with Crippen molar-refractivity contribution in [1.29, 1.82) is 0 Å². The van der Waals surface area contributed by atoms with Crippen LogP contribution in [0.5, 0.6) is 0 Å². The molecule has 2 aromatic carbocycles. The Morgan fingerprint density at radius 1 is 1.04 bits per heavy atom. The zero-order valence-corrected chi connectivity index (χ0v) is 16.3. The van der Waals surface area contributed by atoms with Crippen molar-refractivity contribution in [3.8, 4) is 0 Å². The molecule has 126 valence electrons. The first kappa shape index (κ1) is 18.6. The predicted octanol–water partition coefficient (Wildman–Crippen LogP) is 0.922. The normalized spacial score (nSPS) is 10.4. The topological polar surface area (TPSA) is 24.2 Å². The number of carbonyl (C=O) groups is 1. The molecule has 0 saturated heterocycles. The Kier molecular flexibility index (Phi) is 6.52. The highest BCUT2D eigenvalue weighted by Crippen LogP contribution is 2.17. The Morgan fingerprint density at radius 2 is 1.71 bits per heavy atom. The summed E-state index contributed by atoms with van der Waals surface area (Å²) in [6.45, 7) is 6.61. The quantitative estimate of drug-likeness (QED) is 0.450. The van der Waals surface area contributed by atoms with Crippen molar-refractivity contribution >= 4 is 33.0 Å². The third-order valence-electron chi connectivity index (χ3n) is 4.11. The average molecular weight is 405 g/mol. The summed E-state index contributed by atoms with van der Waals surface area (Å²) in [5, 5.41) is 0. The van der Waals surface area contributed by atoms with E-state index in [0.717, 1.165) is 24.2 Å². The molecule has 3 rings (SSSR count). The van der Waals surface area contributed by atoms with Crippen LogP contribution in [0.4, 0.5) is 5.69 Å². The Labute approximate surface area is 157 Å². The minimum atomic E-state index is 0. The van der Waals surface area contributed by atoms with Gasteiger partial charge in [0.25, 0.3) is 0 Å². The molecule has 0 bridgehead atoms. The second kappa shape index (κ2) is 8.40. The van der Waals surface area contributed by atoms with Crippen LogP contribution >= 0.6 is 11.3 Å². The van der Waals surface area contributed by atoms with Crippen molar-refractivity contribution in [2.75, 3.05) is 18.0 Å². The summed E-state index contributed by atoms with van der Waals surface area (Å²) < 4.78 is 3.23. The Morgan fingerprint density at radius 3 is 2.38 bits per heavy atom. The molecule has 1 aromatic heterocycles. The molecule has 0 aliphatic heterocycles. The third-order valence-corrected chi connectivity index (χ3v) is 5.07. The van der Waals surface area contributed by atoms with E-state index >= 15 is 0 Å². The smallest absolute Gasteiger partial charge is 0.227 e. The molecule has 0 amide bonds. The van der Waals surface area contributed by atoms with Gasteiger partial charge in [-0.15, -0.1) is 0 Å². The van der Waals surface area contributed by atoms with E-state index in [4.69, 9.17) is 0 Å². The van der Waals surface area contributed by atoms with E-state index in [-0.39, 0.29) is 22.8 Å². The van der Waals surface area contributed by atoms with E-state index in [1.807, 2.05) is 46.5 Å². The molecule has 0 radical (unpaired) electrons. The number of nitrogens with zero attached hydrogens (tertiary/aromatic N) is 2. The minimum absolute atomic E-state index is 0. The fraction of sp³-hybridized carbons (Fsp3) is 0.263. The minimum Gasteiger partial charge on any atom is -1.00 e. The van der Waals surface area contributed by atoms with Gasteiger partial charge in [0.05, 0.1) is 0 Å². The van der Waals surface area contributed by atoms with Gasteiger partial charge in [-0.2, -0.15) is 4.57 Å². The van der Waals surface area contributed by atoms with E-state index in [0.29, 0.717) is 6.54 Å². The number of fused-ring (bicyclic) bond motifs is 1. The summed E-state index contributed by atoms with van der Waals surface area (Å²) in [5.74, 6) is 0.143. The molecule has 0 unspecified atom stereocenters. The number of Topliss-reactive ketones (excluding diaryl/α,β-unsaturated/α-hetero) is 1. The maximum Gasteiger partial charge on any atom is 0.227 e. The highest BCUT2D eigenvalue weighted by atomic mass is 79.9. The Hall–Kier alpha value is -1.72. The lowest BCUT2D eigenvalue weighted by atomic mass is 10.1. The van der Waals surface area contributed by atoms with Crippen LogP contribution in [-0.2, 0) is 6.54 Å². The van der Waals surface area contributed by atoms with Crippen LogP contribution in [0.15, 0.2) is 54.0 Å². The van der Waals surface area contributed by atoms with Crippen LogP contribution in [0.1, 0.15) is 24.2 Å². The summed E-state index contributed by atoms with van der Waals surface area (Å²) in [4.78, 5) is 14.8. The molecular weight excluding hydrogens is 384 g/mol. The van der Waals surface area contributed by atoms with Gasteiger partial charge in [-0.3, -0.25) is 4.79 Å². The van der Waals surface area contributed by atoms with Gasteiger partial charge in [-0.25, -0.2) is 0 Å². The zero-order valence-electron chi connectivity index (χ0n) is 13.9. The third kappa shape index (κ3) is 3.84. The number of hydrogen-bond acceptors (Lipinski definition) is 3. The number of aromatic nitrogens is 1. The average Bonchev–Trinajstić information content (AvgIpc) is 3.00. The highest BCUT2D eigenvalue weighted by molar-refractivity contribution is 7.16. The van der Waals surface area contributed by atoms with Crippen molar-refractivity contribution < 1.29 is 26.3 Å². The second-order valence-corrected chi connectivity index (χ2v) is 6.35. The summed E-state index contributed by atoms with van der Waals surface area (Å²) in [5.41, 5.74) is 5.07. The van der Waals surface area contributed by atoms with Gasteiger partial charge >= 0.3 is 0 Å². The van der Waals surface area contributed by atoms with Crippen LogP contribution < -0.4 is 26.4 Å². The van der Waals surface area contributed by atoms with E-state index in [1.165, 1.54) is 10.4 Å². The summed E-state index contributed by atoms with van der Waals surface area (Å²) in [6, 6.07) is 16.1. The Bertz CT molecular complexity index is 810.